The topological polar surface area (TPSA) is 207 Å². The Labute approximate surface area is 190 Å². The Morgan fingerprint density at radius 1 is 0.727 bits per heavy atom. The van der Waals surface area contributed by atoms with Crippen LogP contribution in [-0.4, -0.2) is 67.1 Å². The molecule has 0 radical (unpaired) electrons. The molecule has 0 aliphatic rings. The van der Waals surface area contributed by atoms with E-state index in [1.807, 2.05) is 0 Å². The number of aliphatic carboxylic acids is 5. The number of aliphatic hydroxyl groups is 1. The molecule has 0 aliphatic carbocycles. The van der Waals surface area contributed by atoms with E-state index in [9.17, 15) is 34.2 Å². The standard InChI is InChI=1S/C17H20O8.C5H8O3/c1-4-10(13(17(24)25)6-9(3)14(18)19)7-12(16(22)23)8-11(5-2)15(20)21;1-4(2-3-6)5(7)8/h6-8H,4-5H2,1-3H3,(H,18,19)(H,20,21)(H,22,23)(H,24,25);6H,1-3H2,(H,7,8). The Morgan fingerprint density at radius 2 is 1.27 bits per heavy atom. The Hall–Kier alpha value is -3.99. The van der Waals surface area contributed by atoms with E-state index in [0.29, 0.717) is 0 Å². The molecule has 0 spiro atoms. The second-order valence-corrected chi connectivity index (χ2v) is 6.35. The number of carboxylic acid groups (broad SMARTS) is 5. The molecule has 0 fully saturated rings. The largest absolute Gasteiger partial charge is 0.478 e. The molecule has 0 aliphatic heterocycles. The molecule has 0 aromatic heterocycles. The molecule has 11 heteroatoms. The molecule has 0 heterocycles. The molecular formula is C22H28O11. The molecular weight excluding hydrogens is 440 g/mol. The van der Waals surface area contributed by atoms with Crippen LogP contribution in [0.25, 0.3) is 0 Å². The van der Waals surface area contributed by atoms with Crippen molar-refractivity contribution in [3.8, 4) is 0 Å². The van der Waals surface area contributed by atoms with Gasteiger partial charge in [0.05, 0.1) is 11.1 Å². The van der Waals surface area contributed by atoms with E-state index < -0.39 is 35.4 Å². The van der Waals surface area contributed by atoms with Gasteiger partial charge >= 0.3 is 29.8 Å². The molecule has 0 saturated heterocycles. The zero-order valence-electron chi connectivity index (χ0n) is 18.5. The summed E-state index contributed by atoms with van der Waals surface area (Å²) in [5.74, 6) is -6.48. The van der Waals surface area contributed by atoms with Gasteiger partial charge in [0.15, 0.2) is 0 Å². The van der Waals surface area contributed by atoms with Crippen LogP contribution in [0.2, 0.25) is 0 Å². The summed E-state index contributed by atoms with van der Waals surface area (Å²) in [6, 6.07) is 0. The monoisotopic (exact) mass is 468 g/mol. The highest BCUT2D eigenvalue weighted by molar-refractivity contribution is 5.98. The average molecular weight is 468 g/mol. The van der Waals surface area contributed by atoms with E-state index in [-0.39, 0.29) is 53.7 Å². The number of carbonyl (C=O) groups is 5. The second kappa shape index (κ2) is 15.8. The first kappa shape index (κ1) is 31.2. The van der Waals surface area contributed by atoms with Gasteiger partial charge in [0.2, 0.25) is 0 Å². The van der Waals surface area contributed by atoms with Gasteiger partial charge in [-0.15, -0.1) is 0 Å². The zero-order chi connectivity index (χ0) is 26.3. The van der Waals surface area contributed by atoms with Crippen LogP contribution in [0.5, 0.6) is 0 Å². The van der Waals surface area contributed by atoms with Crippen molar-refractivity contribution in [1.82, 2.24) is 0 Å². The molecule has 6 N–H and O–H groups in total. The number of rotatable bonds is 12. The number of hydrogen-bond donors (Lipinski definition) is 6. The molecule has 0 bridgehead atoms. The summed E-state index contributed by atoms with van der Waals surface area (Å²) < 4.78 is 0. The van der Waals surface area contributed by atoms with E-state index in [2.05, 4.69) is 6.58 Å². The quantitative estimate of drug-likeness (QED) is 0.181. The summed E-state index contributed by atoms with van der Waals surface area (Å²) in [6.07, 6.45) is 3.25. The molecule has 0 rings (SSSR count). The first-order valence-electron chi connectivity index (χ1n) is 9.52. The highest BCUT2D eigenvalue weighted by atomic mass is 16.4. The fourth-order valence-corrected chi connectivity index (χ4v) is 2.04. The average Bonchev–Trinajstić information content (AvgIpc) is 2.72. The number of hydrogen-bond acceptors (Lipinski definition) is 6. The normalized spacial score (nSPS) is 12.7. The molecule has 0 aromatic carbocycles. The maximum absolute atomic E-state index is 11.4. The van der Waals surface area contributed by atoms with Crippen LogP contribution in [0.4, 0.5) is 0 Å². The Kier molecular flexibility index (Phi) is 14.9. The lowest BCUT2D eigenvalue weighted by Gasteiger charge is -2.06. The molecule has 0 atom stereocenters. The van der Waals surface area contributed by atoms with Crippen molar-refractivity contribution in [3.63, 3.8) is 0 Å². The van der Waals surface area contributed by atoms with E-state index >= 15 is 0 Å². The first-order chi connectivity index (χ1) is 15.2. The molecule has 0 unspecified atom stereocenters. The fraction of sp³-hybridized carbons (Fsp3) is 0.318. The van der Waals surface area contributed by atoms with Crippen molar-refractivity contribution < 1.29 is 54.6 Å². The van der Waals surface area contributed by atoms with Crippen LogP contribution < -0.4 is 0 Å². The first-order valence-corrected chi connectivity index (χ1v) is 9.52. The van der Waals surface area contributed by atoms with Crippen LogP contribution in [0.3, 0.4) is 0 Å². The second-order valence-electron chi connectivity index (χ2n) is 6.35. The number of allylic oxidation sites excluding steroid dienone is 2. The van der Waals surface area contributed by atoms with Gasteiger partial charge in [0, 0.05) is 29.7 Å². The summed E-state index contributed by atoms with van der Waals surface area (Å²) in [5, 5.41) is 52.7. The lowest BCUT2D eigenvalue weighted by atomic mass is 9.99. The van der Waals surface area contributed by atoms with Crippen molar-refractivity contribution in [2.45, 2.75) is 40.0 Å². The van der Waals surface area contributed by atoms with Gasteiger partial charge in [-0.25, -0.2) is 24.0 Å². The van der Waals surface area contributed by atoms with Crippen molar-refractivity contribution in [1.29, 1.82) is 0 Å². The maximum atomic E-state index is 11.4. The Bertz CT molecular complexity index is 915. The third-order valence-electron chi connectivity index (χ3n) is 3.93. The summed E-state index contributed by atoms with van der Waals surface area (Å²) >= 11 is 0. The van der Waals surface area contributed by atoms with E-state index in [4.69, 9.17) is 20.4 Å². The molecule has 0 saturated carbocycles. The van der Waals surface area contributed by atoms with E-state index in [1.165, 1.54) is 13.8 Å². The Balaban J connectivity index is 0. The lowest BCUT2D eigenvalue weighted by molar-refractivity contribution is -0.134. The van der Waals surface area contributed by atoms with Crippen LogP contribution >= 0.6 is 0 Å². The van der Waals surface area contributed by atoms with E-state index in [1.54, 1.807) is 6.92 Å². The van der Waals surface area contributed by atoms with Crippen molar-refractivity contribution in [3.05, 3.63) is 58.2 Å². The minimum atomic E-state index is -1.43. The van der Waals surface area contributed by atoms with Crippen LogP contribution in [0.1, 0.15) is 40.0 Å². The van der Waals surface area contributed by atoms with Crippen LogP contribution in [0.15, 0.2) is 58.2 Å². The maximum Gasteiger partial charge on any atom is 0.335 e. The highest BCUT2D eigenvalue weighted by Gasteiger charge is 2.16. The van der Waals surface area contributed by atoms with Gasteiger partial charge in [0.25, 0.3) is 0 Å². The predicted octanol–water partition coefficient (Wildman–Crippen LogP) is 2.25. The van der Waals surface area contributed by atoms with Gasteiger partial charge in [-0.3, -0.25) is 0 Å². The molecule has 0 amide bonds. The van der Waals surface area contributed by atoms with Crippen molar-refractivity contribution >= 4 is 29.8 Å². The Morgan fingerprint density at radius 3 is 1.55 bits per heavy atom. The summed E-state index contributed by atoms with van der Waals surface area (Å²) in [7, 11) is 0. The van der Waals surface area contributed by atoms with Crippen molar-refractivity contribution in [2.75, 3.05) is 6.61 Å². The number of aliphatic hydroxyl groups excluding tert-OH is 1. The predicted molar refractivity (Wildman–Crippen MR) is 117 cm³/mol. The summed E-state index contributed by atoms with van der Waals surface area (Å²) in [4.78, 5) is 54.6. The van der Waals surface area contributed by atoms with Crippen LogP contribution in [-0.2, 0) is 24.0 Å². The molecule has 182 valence electrons. The zero-order valence-corrected chi connectivity index (χ0v) is 18.5. The smallest absolute Gasteiger partial charge is 0.335 e. The third kappa shape index (κ3) is 12.5. The molecule has 0 aromatic rings. The lowest BCUT2D eigenvalue weighted by Crippen LogP contribution is -2.07. The molecule has 33 heavy (non-hydrogen) atoms. The minimum absolute atomic E-state index is 0.0486. The molecule has 11 nitrogen and oxygen atoms in total. The fourth-order valence-electron chi connectivity index (χ4n) is 2.04. The SMILES string of the molecule is C=C(CCO)C(=O)O.CCC(=CC(=CC(CC)=C(C=C(C)C(=O)O)C(=O)O)C(=O)O)C(=O)O. The summed E-state index contributed by atoms with van der Waals surface area (Å²) in [6.45, 7) is 7.35. The third-order valence-corrected chi connectivity index (χ3v) is 3.93. The van der Waals surface area contributed by atoms with Gasteiger partial charge < -0.3 is 30.6 Å². The highest BCUT2D eigenvalue weighted by Crippen LogP contribution is 2.18. The minimum Gasteiger partial charge on any atom is -0.478 e. The van der Waals surface area contributed by atoms with Gasteiger partial charge in [0.1, 0.15) is 0 Å². The van der Waals surface area contributed by atoms with Crippen LogP contribution in [0, 0.1) is 0 Å². The summed E-state index contributed by atoms with van der Waals surface area (Å²) in [5.41, 5.74) is -1.06. The van der Waals surface area contributed by atoms with Gasteiger partial charge in [-0.05, 0) is 43.6 Å². The van der Waals surface area contributed by atoms with E-state index in [0.717, 1.165) is 18.2 Å². The number of carboxylic acids is 5. The van der Waals surface area contributed by atoms with Crippen molar-refractivity contribution in [2.24, 2.45) is 0 Å². The van der Waals surface area contributed by atoms with Gasteiger partial charge in [-0.1, -0.05) is 20.4 Å². The van der Waals surface area contributed by atoms with Gasteiger partial charge in [-0.2, -0.15) is 0 Å².